The van der Waals surface area contributed by atoms with Crippen molar-refractivity contribution in [2.24, 2.45) is 5.73 Å². The van der Waals surface area contributed by atoms with Crippen LogP contribution in [0.25, 0.3) is 11.3 Å². The Bertz CT molecular complexity index is 1280. The SMILES string of the molecule is C=C(C)Cc1ccc(F)c(-c2nc(C(=O)Nc3cnccc3C3CCCC(N)C3)ccc2F)c1F. The van der Waals surface area contributed by atoms with Gasteiger partial charge in [-0.05, 0) is 73.9 Å². The van der Waals surface area contributed by atoms with Gasteiger partial charge in [0.25, 0.3) is 5.91 Å². The van der Waals surface area contributed by atoms with E-state index in [1.165, 1.54) is 18.3 Å². The van der Waals surface area contributed by atoms with Gasteiger partial charge < -0.3 is 11.1 Å². The summed E-state index contributed by atoms with van der Waals surface area (Å²) in [6, 6.07) is 6.44. The lowest BCUT2D eigenvalue weighted by atomic mass is 9.81. The van der Waals surface area contributed by atoms with Crippen molar-refractivity contribution in [2.45, 2.75) is 51.0 Å². The molecule has 0 bridgehead atoms. The van der Waals surface area contributed by atoms with Gasteiger partial charge in [0.1, 0.15) is 28.8 Å². The van der Waals surface area contributed by atoms with Gasteiger partial charge in [0.15, 0.2) is 0 Å². The highest BCUT2D eigenvalue weighted by molar-refractivity contribution is 6.03. The van der Waals surface area contributed by atoms with E-state index >= 15 is 4.39 Å². The topological polar surface area (TPSA) is 80.9 Å². The molecule has 5 nitrogen and oxygen atoms in total. The summed E-state index contributed by atoms with van der Waals surface area (Å²) in [5.41, 5.74) is 7.01. The van der Waals surface area contributed by atoms with Crippen molar-refractivity contribution in [1.29, 1.82) is 0 Å². The van der Waals surface area contributed by atoms with Crippen LogP contribution in [-0.4, -0.2) is 21.9 Å². The Morgan fingerprint density at radius 1 is 1.14 bits per heavy atom. The van der Waals surface area contributed by atoms with Crippen LogP contribution in [0, 0.1) is 17.5 Å². The number of allylic oxidation sites excluding steroid dienone is 1. The maximum atomic E-state index is 15.1. The number of anilines is 1. The summed E-state index contributed by atoms with van der Waals surface area (Å²) >= 11 is 0. The van der Waals surface area contributed by atoms with Crippen LogP contribution in [0.15, 0.2) is 54.9 Å². The number of aromatic nitrogens is 2. The maximum absolute atomic E-state index is 15.1. The van der Waals surface area contributed by atoms with E-state index in [2.05, 4.69) is 21.9 Å². The minimum Gasteiger partial charge on any atom is -0.328 e. The molecule has 0 saturated heterocycles. The first-order valence-electron chi connectivity index (χ1n) is 11.5. The minimum absolute atomic E-state index is 0.0947. The average molecular weight is 481 g/mol. The van der Waals surface area contributed by atoms with E-state index in [1.54, 1.807) is 13.1 Å². The van der Waals surface area contributed by atoms with E-state index in [-0.39, 0.29) is 29.6 Å². The van der Waals surface area contributed by atoms with Crippen LogP contribution in [0.4, 0.5) is 18.9 Å². The normalized spacial score (nSPS) is 17.7. The summed E-state index contributed by atoms with van der Waals surface area (Å²) in [6.45, 7) is 5.45. The molecule has 1 aromatic carbocycles. The Hall–Kier alpha value is -3.52. The van der Waals surface area contributed by atoms with Crippen LogP contribution in [0.3, 0.4) is 0 Å². The molecule has 1 amide bonds. The molecule has 1 saturated carbocycles. The highest BCUT2D eigenvalue weighted by atomic mass is 19.1. The fourth-order valence-corrected chi connectivity index (χ4v) is 4.58. The Morgan fingerprint density at radius 3 is 2.66 bits per heavy atom. The number of carbonyl (C=O) groups is 1. The molecule has 2 atom stereocenters. The number of benzene rings is 1. The molecule has 2 aromatic heterocycles. The third kappa shape index (κ3) is 5.43. The average Bonchev–Trinajstić information content (AvgIpc) is 2.82. The monoisotopic (exact) mass is 480 g/mol. The first-order chi connectivity index (χ1) is 16.7. The summed E-state index contributed by atoms with van der Waals surface area (Å²) in [4.78, 5) is 21.2. The van der Waals surface area contributed by atoms with Gasteiger partial charge in [-0.15, -0.1) is 0 Å². The first kappa shape index (κ1) is 24.6. The summed E-state index contributed by atoms with van der Waals surface area (Å²) in [6.07, 6.45) is 7.05. The number of hydrogen-bond donors (Lipinski definition) is 2. The van der Waals surface area contributed by atoms with Crippen LogP contribution < -0.4 is 11.1 Å². The quantitative estimate of drug-likeness (QED) is 0.430. The summed E-state index contributed by atoms with van der Waals surface area (Å²) in [5.74, 6) is -3.31. The summed E-state index contributed by atoms with van der Waals surface area (Å²) < 4.78 is 44.4. The lowest BCUT2D eigenvalue weighted by molar-refractivity contribution is 0.102. The second-order valence-electron chi connectivity index (χ2n) is 9.10. The highest BCUT2D eigenvalue weighted by Crippen LogP contribution is 2.36. The van der Waals surface area contributed by atoms with E-state index in [1.807, 2.05) is 6.07 Å². The largest absolute Gasteiger partial charge is 0.328 e. The van der Waals surface area contributed by atoms with Crippen LogP contribution >= 0.6 is 0 Å². The third-order valence-corrected chi connectivity index (χ3v) is 6.24. The Labute approximate surface area is 202 Å². The molecule has 3 aromatic rings. The third-order valence-electron chi connectivity index (χ3n) is 6.24. The van der Waals surface area contributed by atoms with Gasteiger partial charge in [-0.2, -0.15) is 0 Å². The molecule has 3 N–H and O–H groups in total. The maximum Gasteiger partial charge on any atom is 0.274 e. The van der Waals surface area contributed by atoms with Crippen molar-refractivity contribution in [3.63, 3.8) is 0 Å². The van der Waals surface area contributed by atoms with E-state index in [0.29, 0.717) is 11.3 Å². The summed E-state index contributed by atoms with van der Waals surface area (Å²) in [7, 11) is 0. The van der Waals surface area contributed by atoms with Gasteiger partial charge >= 0.3 is 0 Å². The van der Waals surface area contributed by atoms with Crippen LogP contribution in [-0.2, 0) is 6.42 Å². The molecule has 0 aliphatic heterocycles. The van der Waals surface area contributed by atoms with Crippen molar-refractivity contribution >= 4 is 11.6 Å². The smallest absolute Gasteiger partial charge is 0.274 e. The van der Waals surface area contributed by atoms with E-state index in [0.717, 1.165) is 43.4 Å². The van der Waals surface area contributed by atoms with Gasteiger partial charge in [-0.25, -0.2) is 18.2 Å². The predicted octanol–water partition coefficient (Wildman–Crippen LogP) is 5.92. The zero-order valence-electron chi connectivity index (χ0n) is 19.5. The molecule has 0 radical (unpaired) electrons. The molecular formula is C27H27F3N4O. The van der Waals surface area contributed by atoms with Crippen molar-refractivity contribution < 1.29 is 18.0 Å². The standard InChI is InChI=1S/C27H27F3N4O/c1-15(2)12-17-6-7-20(28)24(25(17)30)26-21(29)8-9-22(33-26)27(35)34-23-14-32-11-10-19(23)16-4-3-5-18(31)13-16/h6-11,14,16,18H,1,3-5,12-13,31H2,2H3,(H,34,35). The lowest BCUT2D eigenvalue weighted by Crippen LogP contribution is -2.27. The number of amides is 1. The van der Waals surface area contributed by atoms with Gasteiger partial charge in [0.2, 0.25) is 0 Å². The van der Waals surface area contributed by atoms with E-state index in [4.69, 9.17) is 5.73 Å². The second-order valence-corrected chi connectivity index (χ2v) is 9.10. The van der Waals surface area contributed by atoms with E-state index < -0.39 is 34.6 Å². The zero-order valence-corrected chi connectivity index (χ0v) is 19.5. The van der Waals surface area contributed by atoms with Crippen molar-refractivity contribution in [3.05, 3.63) is 89.2 Å². The van der Waals surface area contributed by atoms with Crippen molar-refractivity contribution in [1.82, 2.24) is 9.97 Å². The molecule has 1 aliphatic rings. The number of pyridine rings is 2. The molecule has 2 heterocycles. The predicted molar refractivity (Wildman–Crippen MR) is 129 cm³/mol. The number of rotatable bonds is 6. The molecular weight excluding hydrogens is 453 g/mol. The van der Waals surface area contributed by atoms with E-state index in [9.17, 15) is 13.6 Å². The highest BCUT2D eigenvalue weighted by Gasteiger charge is 2.25. The molecule has 1 aliphatic carbocycles. The molecule has 4 rings (SSSR count). The number of nitrogens with one attached hydrogen (secondary N) is 1. The number of halogens is 3. The number of carbonyl (C=O) groups excluding carboxylic acids is 1. The molecule has 8 heteroatoms. The van der Waals surface area contributed by atoms with Crippen LogP contribution in [0.5, 0.6) is 0 Å². The van der Waals surface area contributed by atoms with Gasteiger partial charge in [-0.1, -0.05) is 24.6 Å². The first-order valence-corrected chi connectivity index (χ1v) is 11.5. The lowest BCUT2D eigenvalue weighted by Gasteiger charge is -2.28. The van der Waals surface area contributed by atoms with Gasteiger partial charge in [0, 0.05) is 12.2 Å². The summed E-state index contributed by atoms with van der Waals surface area (Å²) in [5, 5.41) is 2.78. The molecule has 0 spiro atoms. The van der Waals surface area contributed by atoms with Crippen molar-refractivity contribution in [2.75, 3.05) is 5.32 Å². The Morgan fingerprint density at radius 2 is 1.91 bits per heavy atom. The molecule has 1 fully saturated rings. The van der Waals surface area contributed by atoms with Crippen LogP contribution in [0.1, 0.15) is 60.1 Å². The molecule has 2 unspecified atom stereocenters. The molecule has 182 valence electrons. The van der Waals surface area contributed by atoms with Gasteiger partial charge in [-0.3, -0.25) is 9.78 Å². The van der Waals surface area contributed by atoms with Gasteiger partial charge in [0.05, 0.1) is 17.4 Å². The Kier molecular flexibility index (Phi) is 7.31. The second kappa shape index (κ2) is 10.4. The number of nitrogens with two attached hydrogens (primary N) is 1. The molecule has 35 heavy (non-hydrogen) atoms. The minimum atomic E-state index is -0.972. The number of hydrogen-bond acceptors (Lipinski definition) is 4. The van der Waals surface area contributed by atoms with Crippen molar-refractivity contribution in [3.8, 4) is 11.3 Å². The fraction of sp³-hybridized carbons (Fsp3) is 0.296. The number of nitrogens with zero attached hydrogens (tertiary/aromatic N) is 2. The fourth-order valence-electron chi connectivity index (χ4n) is 4.58. The van der Waals surface area contributed by atoms with Crippen LogP contribution in [0.2, 0.25) is 0 Å². The zero-order chi connectivity index (χ0) is 25.1. The Balaban J connectivity index is 1.66.